The SMILES string of the molecule is COCCCNc1cc(Nc2ccc(OC)c(OC)c2)nc(-c2ccccc2)n1. The van der Waals surface area contributed by atoms with Crippen LogP contribution in [0, 0.1) is 0 Å². The molecule has 2 aromatic carbocycles. The molecule has 1 aromatic heterocycles. The fraction of sp³-hybridized carbons (Fsp3) is 0.273. The van der Waals surface area contributed by atoms with Gasteiger partial charge >= 0.3 is 0 Å². The number of nitrogens with zero attached hydrogens (tertiary/aromatic N) is 2. The maximum atomic E-state index is 5.39. The molecule has 7 nitrogen and oxygen atoms in total. The number of anilines is 3. The van der Waals surface area contributed by atoms with Gasteiger partial charge in [-0.1, -0.05) is 30.3 Å². The Labute approximate surface area is 171 Å². The third-order valence-corrected chi connectivity index (χ3v) is 4.25. The molecule has 0 fully saturated rings. The van der Waals surface area contributed by atoms with Crippen molar-refractivity contribution in [3.05, 3.63) is 54.6 Å². The van der Waals surface area contributed by atoms with Gasteiger partial charge < -0.3 is 24.8 Å². The highest BCUT2D eigenvalue weighted by Gasteiger charge is 2.09. The van der Waals surface area contributed by atoms with Gasteiger partial charge in [-0.05, 0) is 18.6 Å². The number of hydrogen-bond acceptors (Lipinski definition) is 7. The minimum atomic E-state index is 0.644. The first-order valence-corrected chi connectivity index (χ1v) is 9.40. The third-order valence-electron chi connectivity index (χ3n) is 4.25. The topological polar surface area (TPSA) is 77.5 Å². The zero-order valence-electron chi connectivity index (χ0n) is 16.9. The lowest BCUT2D eigenvalue weighted by atomic mass is 10.2. The Kier molecular flexibility index (Phi) is 7.24. The number of methoxy groups -OCH3 is 3. The predicted octanol–water partition coefficient (Wildman–Crippen LogP) is 4.35. The van der Waals surface area contributed by atoms with Crippen LogP contribution in [0.15, 0.2) is 54.6 Å². The first-order chi connectivity index (χ1) is 14.2. The van der Waals surface area contributed by atoms with Gasteiger partial charge in [0, 0.05) is 43.6 Å². The molecule has 0 radical (unpaired) electrons. The van der Waals surface area contributed by atoms with Crippen LogP contribution >= 0.6 is 0 Å². The molecule has 0 aliphatic carbocycles. The Bertz CT molecular complexity index is 919. The monoisotopic (exact) mass is 394 g/mol. The van der Waals surface area contributed by atoms with Gasteiger partial charge in [-0.25, -0.2) is 9.97 Å². The van der Waals surface area contributed by atoms with E-state index in [4.69, 9.17) is 14.2 Å². The molecule has 0 bridgehead atoms. The first-order valence-electron chi connectivity index (χ1n) is 9.40. The Morgan fingerprint density at radius 1 is 0.828 bits per heavy atom. The zero-order valence-corrected chi connectivity index (χ0v) is 16.9. The van der Waals surface area contributed by atoms with Crippen LogP contribution in [0.25, 0.3) is 11.4 Å². The summed E-state index contributed by atoms with van der Waals surface area (Å²) in [5.74, 6) is 3.39. The van der Waals surface area contributed by atoms with Crippen molar-refractivity contribution in [3.8, 4) is 22.9 Å². The zero-order chi connectivity index (χ0) is 20.5. The summed E-state index contributed by atoms with van der Waals surface area (Å²) < 4.78 is 15.8. The summed E-state index contributed by atoms with van der Waals surface area (Å²) in [5.41, 5.74) is 1.79. The third kappa shape index (κ3) is 5.58. The van der Waals surface area contributed by atoms with E-state index in [9.17, 15) is 0 Å². The normalized spacial score (nSPS) is 10.4. The highest BCUT2D eigenvalue weighted by atomic mass is 16.5. The average Bonchev–Trinajstić information content (AvgIpc) is 2.77. The molecule has 0 saturated carbocycles. The standard InChI is InChI=1S/C22H26N4O3/c1-27-13-7-12-23-20-15-21(26-22(25-20)16-8-5-4-6-9-16)24-17-10-11-18(28-2)19(14-17)29-3/h4-6,8-11,14-15H,7,12-13H2,1-3H3,(H2,23,24,25,26). The lowest BCUT2D eigenvalue weighted by Gasteiger charge is -2.13. The molecule has 3 aromatic rings. The fourth-order valence-electron chi connectivity index (χ4n) is 2.81. The van der Waals surface area contributed by atoms with E-state index in [0.717, 1.165) is 30.0 Å². The predicted molar refractivity (Wildman–Crippen MR) is 115 cm³/mol. The second-order valence-electron chi connectivity index (χ2n) is 6.30. The van der Waals surface area contributed by atoms with E-state index >= 15 is 0 Å². The quantitative estimate of drug-likeness (QED) is 0.495. The van der Waals surface area contributed by atoms with Gasteiger partial charge in [0.1, 0.15) is 11.6 Å². The second-order valence-corrected chi connectivity index (χ2v) is 6.30. The van der Waals surface area contributed by atoms with Crippen molar-refractivity contribution in [1.82, 2.24) is 9.97 Å². The first kappa shape index (κ1) is 20.4. The van der Waals surface area contributed by atoms with Crippen LogP contribution in [0.4, 0.5) is 17.3 Å². The van der Waals surface area contributed by atoms with Crippen molar-refractivity contribution in [1.29, 1.82) is 0 Å². The number of rotatable bonds is 10. The molecule has 0 amide bonds. The molecule has 0 aliphatic heterocycles. The molecule has 0 atom stereocenters. The Hall–Kier alpha value is -3.32. The lowest BCUT2D eigenvalue weighted by molar-refractivity contribution is 0.198. The average molecular weight is 394 g/mol. The molecule has 3 rings (SSSR count). The summed E-state index contributed by atoms with van der Waals surface area (Å²) >= 11 is 0. The minimum absolute atomic E-state index is 0.644. The van der Waals surface area contributed by atoms with E-state index in [1.807, 2.05) is 54.6 Å². The van der Waals surface area contributed by atoms with Crippen LogP contribution < -0.4 is 20.1 Å². The van der Waals surface area contributed by atoms with Gasteiger partial charge in [-0.2, -0.15) is 0 Å². The number of nitrogens with one attached hydrogen (secondary N) is 2. The number of aromatic nitrogens is 2. The van der Waals surface area contributed by atoms with E-state index in [0.29, 0.717) is 29.7 Å². The molecular formula is C22H26N4O3. The van der Waals surface area contributed by atoms with Gasteiger partial charge in [0.05, 0.1) is 14.2 Å². The molecule has 29 heavy (non-hydrogen) atoms. The van der Waals surface area contributed by atoms with E-state index in [1.165, 1.54) is 0 Å². The summed E-state index contributed by atoms with van der Waals surface area (Å²) in [6, 6.07) is 17.4. The Balaban J connectivity index is 1.88. The van der Waals surface area contributed by atoms with E-state index in [1.54, 1.807) is 21.3 Å². The highest BCUT2D eigenvalue weighted by molar-refractivity contribution is 5.66. The largest absolute Gasteiger partial charge is 0.493 e. The minimum Gasteiger partial charge on any atom is -0.493 e. The summed E-state index contributed by atoms with van der Waals surface area (Å²) in [5, 5.41) is 6.67. The Morgan fingerprint density at radius 3 is 2.31 bits per heavy atom. The summed E-state index contributed by atoms with van der Waals surface area (Å²) in [6.07, 6.45) is 0.889. The molecule has 7 heteroatoms. The Morgan fingerprint density at radius 2 is 1.59 bits per heavy atom. The summed E-state index contributed by atoms with van der Waals surface area (Å²) in [7, 11) is 4.92. The van der Waals surface area contributed by atoms with Gasteiger partial charge in [-0.3, -0.25) is 0 Å². The molecular weight excluding hydrogens is 368 g/mol. The van der Waals surface area contributed by atoms with Crippen LogP contribution in [-0.2, 0) is 4.74 Å². The fourth-order valence-corrected chi connectivity index (χ4v) is 2.81. The number of benzene rings is 2. The maximum Gasteiger partial charge on any atom is 0.163 e. The van der Waals surface area contributed by atoms with Crippen molar-refractivity contribution in [2.24, 2.45) is 0 Å². The van der Waals surface area contributed by atoms with Crippen molar-refractivity contribution in [3.63, 3.8) is 0 Å². The summed E-state index contributed by atoms with van der Waals surface area (Å²) in [6.45, 7) is 1.45. The van der Waals surface area contributed by atoms with Crippen LogP contribution in [0.5, 0.6) is 11.5 Å². The van der Waals surface area contributed by atoms with Crippen molar-refractivity contribution in [2.45, 2.75) is 6.42 Å². The summed E-state index contributed by atoms with van der Waals surface area (Å²) in [4.78, 5) is 9.34. The van der Waals surface area contributed by atoms with Crippen LogP contribution in [-0.4, -0.2) is 44.4 Å². The maximum absolute atomic E-state index is 5.39. The van der Waals surface area contributed by atoms with E-state index in [-0.39, 0.29) is 0 Å². The van der Waals surface area contributed by atoms with Gasteiger partial charge in [-0.15, -0.1) is 0 Å². The van der Waals surface area contributed by atoms with Crippen LogP contribution in [0.1, 0.15) is 6.42 Å². The van der Waals surface area contributed by atoms with Crippen LogP contribution in [0.2, 0.25) is 0 Å². The molecule has 0 spiro atoms. The van der Waals surface area contributed by atoms with Crippen molar-refractivity contribution >= 4 is 17.3 Å². The van der Waals surface area contributed by atoms with Gasteiger partial charge in [0.15, 0.2) is 17.3 Å². The molecule has 152 valence electrons. The number of ether oxygens (including phenoxy) is 3. The van der Waals surface area contributed by atoms with Crippen molar-refractivity contribution < 1.29 is 14.2 Å². The smallest absolute Gasteiger partial charge is 0.163 e. The lowest BCUT2D eigenvalue weighted by Crippen LogP contribution is -2.08. The van der Waals surface area contributed by atoms with Crippen molar-refractivity contribution in [2.75, 3.05) is 45.1 Å². The second kappa shape index (κ2) is 10.3. The molecule has 0 unspecified atom stereocenters. The van der Waals surface area contributed by atoms with E-state index < -0.39 is 0 Å². The van der Waals surface area contributed by atoms with Crippen LogP contribution in [0.3, 0.4) is 0 Å². The van der Waals surface area contributed by atoms with E-state index in [2.05, 4.69) is 20.6 Å². The number of hydrogen-bond donors (Lipinski definition) is 2. The van der Waals surface area contributed by atoms with Gasteiger partial charge in [0.2, 0.25) is 0 Å². The van der Waals surface area contributed by atoms with Gasteiger partial charge in [0.25, 0.3) is 0 Å². The molecule has 0 aliphatic rings. The molecule has 1 heterocycles. The molecule has 2 N–H and O–H groups in total. The molecule has 0 saturated heterocycles. The highest BCUT2D eigenvalue weighted by Crippen LogP contribution is 2.31.